The molecule has 208 valence electrons. The number of aromatic nitrogens is 2. The molecule has 8 rings (SSSR count). The zero-order valence-electron chi connectivity index (χ0n) is 24.2. The van der Waals surface area contributed by atoms with E-state index in [1.54, 1.807) is 0 Å². The maximum absolute atomic E-state index is 6.51. The van der Waals surface area contributed by atoms with Crippen molar-refractivity contribution >= 4 is 21.9 Å². The Hall–Kier alpha value is -5.80. The number of fused-ring (bicyclic) bond motifs is 3. The number of para-hydroxylation sites is 2. The van der Waals surface area contributed by atoms with Gasteiger partial charge in [0.05, 0.1) is 17.1 Å². The van der Waals surface area contributed by atoms with Crippen LogP contribution in [-0.2, 0) is 0 Å². The van der Waals surface area contributed by atoms with E-state index in [2.05, 4.69) is 104 Å². The first-order chi connectivity index (χ1) is 21.7. The molecule has 0 saturated heterocycles. The SMILES string of the molecule is Cc1ccc(-c2ccc(-c3nc(-c4ccccc4)c(-c4ccccc4)nc3-c3cccc4c3oc3ccccc34)cc2)cc1. The van der Waals surface area contributed by atoms with E-state index >= 15 is 0 Å². The van der Waals surface area contributed by atoms with Crippen molar-refractivity contribution in [3.05, 3.63) is 157 Å². The summed E-state index contributed by atoms with van der Waals surface area (Å²) in [4.78, 5) is 10.9. The Labute approximate surface area is 256 Å². The summed E-state index contributed by atoms with van der Waals surface area (Å²) >= 11 is 0. The summed E-state index contributed by atoms with van der Waals surface area (Å²) in [5.41, 5.74) is 12.5. The second-order valence-electron chi connectivity index (χ2n) is 11.1. The first kappa shape index (κ1) is 25.9. The molecule has 0 amide bonds. The molecule has 3 heteroatoms. The third kappa shape index (κ3) is 4.56. The highest BCUT2D eigenvalue weighted by atomic mass is 16.3. The lowest BCUT2D eigenvalue weighted by Crippen LogP contribution is -2.01. The zero-order valence-corrected chi connectivity index (χ0v) is 24.2. The van der Waals surface area contributed by atoms with Gasteiger partial charge in [0.25, 0.3) is 0 Å². The van der Waals surface area contributed by atoms with Gasteiger partial charge in [0.1, 0.15) is 16.9 Å². The molecule has 0 atom stereocenters. The number of hydrogen-bond donors (Lipinski definition) is 0. The van der Waals surface area contributed by atoms with Crippen LogP contribution < -0.4 is 0 Å². The van der Waals surface area contributed by atoms with Crippen LogP contribution in [0.25, 0.3) is 78.1 Å². The quantitative estimate of drug-likeness (QED) is 0.209. The lowest BCUT2D eigenvalue weighted by Gasteiger charge is -2.16. The predicted octanol–water partition coefficient (Wildman–Crippen LogP) is 11.0. The Bertz CT molecular complexity index is 2250. The smallest absolute Gasteiger partial charge is 0.144 e. The zero-order chi connectivity index (χ0) is 29.5. The van der Waals surface area contributed by atoms with Gasteiger partial charge in [-0.3, -0.25) is 0 Å². The highest BCUT2D eigenvalue weighted by Gasteiger charge is 2.22. The highest BCUT2D eigenvalue weighted by Crippen LogP contribution is 2.41. The van der Waals surface area contributed by atoms with E-state index in [0.717, 1.165) is 72.5 Å². The third-order valence-corrected chi connectivity index (χ3v) is 8.19. The van der Waals surface area contributed by atoms with Crippen molar-refractivity contribution in [1.29, 1.82) is 0 Å². The molecule has 0 fully saturated rings. The van der Waals surface area contributed by atoms with E-state index in [4.69, 9.17) is 14.4 Å². The van der Waals surface area contributed by atoms with E-state index in [1.807, 2.05) is 54.6 Å². The molecule has 0 aliphatic heterocycles. The van der Waals surface area contributed by atoms with Crippen LogP contribution in [0.4, 0.5) is 0 Å². The minimum atomic E-state index is 0.788. The molecular formula is C41H28N2O. The summed E-state index contributed by atoms with van der Waals surface area (Å²) in [6.07, 6.45) is 0. The number of rotatable bonds is 5. The monoisotopic (exact) mass is 564 g/mol. The maximum atomic E-state index is 6.51. The largest absolute Gasteiger partial charge is 0.455 e. The van der Waals surface area contributed by atoms with E-state index in [9.17, 15) is 0 Å². The Morgan fingerprint density at radius 3 is 1.52 bits per heavy atom. The molecule has 0 N–H and O–H groups in total. The van der Waals surface area contributed by atoms with Crippen molar-refractivity contribution in [2.24, 2.45) is 0 Å². The highest BCUT2D eigenvalue weighted by molar-refractivity contribution is 6.10. The average Bonchev–Trinajstić information content (AvgIpc) is 3.48. The summed E-state index contributed by atoms with van der Waals surface area (Å²) < 4.78 is 6.51. The van der Waals surface area contributed by atoms with Gasteiger partial charge in [-0.05, 0) is 30.2 Å². The molecule has 8 aromatic rings. The van der Waals surface area contributed by atoms with Crippen LogP contribution in [0.2, 0.25) is 0 Å². The van der Waals surface area contributed by atoms with Crippen molar-refractivity contribution < 1.29 is 4.42 Å². The minimum absolute atomic E-state index is 0.788. The normalized spacial score (nSPS) is 11.3. The molecular weight excluding hydrogens is 536 g/mol. The number of furan rings is 1. The third-order valence-electron chi connectivity index (χ3n) is 8.19. The van der Waals surface area contributed by atoms with E-state index in [-0.39, 0.29) is 0 Å². The van der Waals surface area contributed by atoms with Crippen LogP contribution in [0.3, 0.4) is 0 Å². The van der Waals surface area contributed by atoms with Gasteiger partial charge in [-0.25, -0.2) is 9.97 Å². The van der Waals surface area contributed by atoms with Crippen molar-refractivity contribution in [3.63, 3.8) is 0 Å². The molecule has 2 heterocycles. The average molecular weight is 565 g/mol. The fourth-order valence-corrected chi connectivity index (χ4v) is 5.92. The predicted molar refractivity (Wildman–Crippen MR) is 181 cm³/mol. The van der Waals surface area contributed by atoms with Crippen LogP contribution in [0.5, 0.6) is 0 Å². The van der Waals surface area contributed by atoms with Gasteiger partial charge in [-0.1, -0.05) is 145 Å². The lowest BCUT2D eigenvalue weighted by molar-refractivity contribution is 0.670. The molecule has 2 aromatic heterocycles. The van der Waals surface area contributed by atoms with E-state index in [0.29, 0.717) is 0 Å². The summed E-state index contributed by atoms with van der Waals surface area (Å²) in [6, 6.07) is 52.4. The first-order valence-electron chi connectivity index (χ1n) is 14.8. The van der Waals surface area contributed by atoms with Gasteiger partial charge in [-0.15, -0.1) is 0 Å². The second-order valence-corrected chi connectivity index (χ2v) is 11.1. The fourth-order valence-electron chi connectivity index (χ4n) is 5.92. The van der Waals surface area contributed by atoms with E-state index < -0.39 is 0 Å². The first-order valence-corrected chi connectivity index (χ1v) is 14.8. The fraction of sp³-hybridized carbons (Fsp3) is 0.0244. The van der Waals surface area contributed by atoms with Crippen molar-refractivity contribution in [1.82, 2.24) is 9.97 Å². The molecule has 0 aliphatic carbocycles. The Morgan fingerprint density at radius 1 is 0.386 bits per heavy atom. The molecule has 3 nitrogen and oxygen atoms in total. The minimum Gasteiger partial charge on any atom is -0.455 e. The topological polar surface area (TPSA) is 38.9 Å². The summed E-state index contributed by atoms with van der Waals surface area (Å²) in [7, 11) is 0. The molecule has 0 radical (unpaired) electrons. The standard InChI is InChI=1S/C41H28N2O/c1-27-19-21-28(22-20-27)29-23-25-32(26-24-29)39-40(35-17-10-16-34-33-15-8-9-18-36(33)44-41(34)35)43-38(31-13-6-3-7-14-31)37(42-39)30-11-4-2-5-12-30/h2-26H,1H3. The van der Waals surface area contributed by atoms with Crippen LogP contribution in [0, 0.1) is 6.92 Å². The van der Waals surface area contributed by atoms with Crippen LogP contribution in [-0.4, -0.2) is 9.97 Å². The maximum Gasteiger partial charge on any atom is 0.144 e. The Kier molecular flexibility index (Phi) is 6.35. The number of hydrogen-bond acceptors (Lipinski definition) is 3. The molecule has 0 unspecified atom stereocenters. The lowest BCUT2D eigenvalue weighted by atomic mass is 9.97. The van der Waals surface area contributed by atoms with Gasteiger partial charge in [-0.2, -0.15) is 0 Å². The number of aryl methyl sites for hydroxylation is 1. The van der Waals surface area contributed by atoms with Crippen molar-refractivity contribution in [2.45, 2.75) is 6.92 Å². The molecule has 0 saturated carbocycles. The molecule has 44 heavy (non-hydrogen) atoms. The number of nitrogens with zero attached hydrogens (tertiary/aromatic N) is 2. The molecule has 0 bridgehead atoms. The van der Waals surface area contributed by atoms with Crippen LogP contribution in [0.15, 0.2) is 156 Å². The van der Waals surface area contributed by atoms with Crippen LogP contribution >= 0.6 is 0 Å². The second kappa shape index (κ2) is 10.8. The van der Waals surface area contributed by atoms with Gasteiger partial charge in [0, 0.05) is 33.0 Å². The summed E-state index contributed by atoms with van der Waals surface area (Å²) in [6.45, 7) is 2.11. The van der Waals surface area contributed by atoms with Gasteiger partial charge in [0.15, 0.2) is 0 Å². The number of benzene rings is 6. The van der Waals surface area contributed by atoms with Crippen molar-refractivity contribution in [2.75, 3.05) is 0 Å². The Morgan fingerprint density at radius 2 is 0.864 bits per heavy atom. The van der Waals surface area contributed by atoms with Gasteiger partial charge >= 0.3 is 0 Å². The summed E-state index contributed by atoms with van der Waals surface area (Å²) in [5, 5.41) is 2.15. The van der Waals surface area contributed by atoms with E-state index in [1.165, 1.54) is 11.1 Å². The molecule has 0 aliphatic rings. The van der Waals surface area contributed by atoms with Crippen molar-refractivity contribution in [3.8, 4) is 56.2 Å². The van der Waals surface area contributed by atoms with Crippen LogP contribution in [0.1, 0.15) is 5.56 Å². The molecule has 6 aromatic carbocycles. The van der Waals surface area contributed by atoms with Gasteiger partial charge < -0.3 is 4.42 Å². The van der Waals surface area contributed by atoms with Gasteiger partial charge in [0.2, 0.25) is 0 Å². The summed E-state index contributed by atoms with van der Waals surface area (Å²) in [5.74, 6) is 0. The molecule has 0 spiro atoms. The Balaban J connectivity index is 1.41.